The molecule has 0 amide bonds. The maximum Gasteiger partial charge on any atom is 0.135 e. The van der Waals surface area contributed by atoms with Gasteiger partial charge in [-0.3, -0.25) is 9.97 Å². The Morgan fingerprint density at radius 1 is 0.397 bits per heavy atom. The van der Waals surface area contributed by atoms with E-state index in [-0.39, 0.29) is 0 Å². The van der Waals surface area contributed by atoms with Crippen molar-refractivity contribution in [2.75, 3.05) is 0 Å². The molecule has 7 aromatic carbocycles. The summed E-state index contributed by atoms with van der Waals surface area (Å²) in [5.74, 6) is 0. The maximum absolute atomic E-state index is 6.16. The highest BCUT2D eigenvalue weighted by molar-refractivity contribution is 7.25. The minimum atomic E-state index is 0.888. The van der Waals surface area contributed by atoms with Crippen LogP contribution in [0.25, 0.3) is 119 Å². The minimum Gasteiger partial charge on any atom is -0.456 e. The van der Waals surface area contributed by atoms with Crippen LogP contribution < -0.4 is 0 Å². The summed E-state index contributed by atoms with van der Waals surface area (Å²) < 4.78 is 13.4. The van der Waals surface area contributed by atoms with Crippen molar-refractivity contribution < 1.29 is 4.42 Å². The predicted molar refractivity (Wildman–Crippen MR) is 242 cm³/mol. The van der Waals surface area contributed by atoms with E-state index in [4.69, 9.17) is 9.40 Å². The van der Waals surface area contributed by atoms with Gasteiger partial charge in [-0.05, 0) is 119 Å². The number of fused-ring (bicyclic) bond motifs is 12. The van der Waals surface area contributed by atoms with Crippen LogP contribution in [0, 0.1) is 0 Å². The third kappa shape index (κ3) is 4.58. The summed E-state index contributed by atoms with van der Waals surface area (Å²) in [7, 11) is 0. The topological polar surface area (TPSA) is 48.8 Å². The smallest absolute Gasteiger partial charge is 0.135 e. The van der Waals surface area contributed by atoms with Crippen LogP contribution in [-0.2, 0) is 0 Å². The maximum atomic E-state index is 6.16. The molecule has 0 bridgehead atoms. The second kappa shape index (κ2) is 12.0. The zero-order chi connectivity index (χ0) is 37.9. The Bertz CT molecular complexity index is 3580. The Hall–Kier alpha value is -7.54. The van der Waals surface area contributed by atoms with Crippen LogP contribution in [0.5, 0.6) is 0 Å². The van der Waals surface area contributed by atoms with E-state index >= 15 is 0 Å². The Morgan fingerprint density at radius 2 is 1.05 bits per heavy atom. The van der Waals surface area contributed by atoms with E-state index in [0.717, 1.165) is 66.4 Å². The molecule has 0 aliphatic carbocycles. The Morgan fingerprint density at radius 3 is 1.93 bits per heavy atom. The van der Waals surface area contributed by atoms with Gasteiger partial charge < -0.3 is 13.6 Å². The molecule has 0 radical (unpaired) electrons. The molecule has 6 aromatic heterocycles. The largest absolute Gasteiger partial charge is 0.456 e. The number of hydrogen-bond donors (Lipinski definition) is 0. The number of para-hydroxylation sites is 2. The van der Waals surface area contributed by atoms with Crippen LogP contribution in [0.3, 0.4) is 0 Å². The second-order valence-corrected chi connectivity index (χ2v) is 16.1. The second-order valence-electron chi connectivity index (χ2n) is 15.0. The Labute approximate surface area is 335 Å². The Kier molecular flexibility index (Phi) is 6.54. The summed E-state index contributed by atoms with van der Waals surface area (Å²) in [6.07, 6.45) is 5.75. The van der Waals surface area contributed by atoms with Gasteiger partial charge in [-0.1, -0.05) is 66.7 Å². The number of benzene rings is 7. The molecule has 58 heavy (non-hydrogen) atoms. The van der Waals surface area contributed by atoms with E-state index in [1.165, 1.54) is 53.1 Å². The van der Waals surface area contributed by atoms with Crippen LogP contribution >= 0.6 is 11.3 Å². The number of nitrogens with zero attached hydrogens (tertiary/aromatic N) is 4. The highest BCUT2D eigenvalue weighted by Gasteiger charge is 2.18. The van der Waals surface area contributed by atoms with Gasteiger partial charge in [0.15, 0.2) is 0 Å². The first-order valence-corrected chi connectivity index (χ1v) is 20.3. The lowest BCUT2D eigenvalue weighted by atomic mass is 9.97. The van der Waals surface area contributed by atoms with Crippen LogP contribution in [0.2, 0.25) is 0 Å². The average Bonchev–Trinajstić information content (AvgIpc) is 4.03. The van der Waals surface area contributed by atoms with Crippen molar-refractivity contribution in [1.82, 2.24) is 19.1 Å². The number of rotatable bonds is 4. The number of furan rings is 1. The number of pyridine rings is 2. The fourth-order valence-corrected chi connectivity index (χ4v) is 10.3. The van der Waals surface area contributed by atoms with Crippen molar-refractivity contribution in [3.05, 3.63) is 182 Å². The fourth-order valence-electron chi connectivity index (χ4n) is 9.20. The SMILES string of the molecule is c1cc(-c2ccc3c(c2)c2ccccc2n3-c2ccc3sc4ccncc4c3c2)cc(-c2ccc3c(c2)c2ncccc2n3-c2ccc3oc4ccccc4c3c2)c1. The first-order valence-electron chi connectivity index (χ1n) is 19.5. The van der Waals surface area contributed by atoms with Crippen molar-refractivity contribution in [1.29, 1.82) is 0 Å². The summed E-state index contributed by atoms with van der Waals surface area (Å²) in [4.78, 5) is 9.35. The van der Waals surface area contributed by atoms with Crippen molar-refractivity contribution >= 4 is 97.2 Å². The van der Waals surface area contributed by atoms with E-state index in [2.05, 4.69) is 160 Å². The number of aromatic nitrogens is 4. The number of thiophene rings is 1. The molecule has 0 fully saturated rings. The van der Waals surface area contributed by atoms with Crippen LogP contribution in [-0.4, -0.2) is 19.1 Å². The lowest BCUT2D eigenvalue weighted by molar-refractivity contribution is 0.669. The van der Waals surface area contributed by atoms with Gasteiger partial charge in [-0.2, -0.15) is 0 Å². The van der Waals surface area contributed by atoms with Crippen LogP contribution in [0.15, 0.2) is 187 Å². The van der Waals surface area contributed by atoms with Crippen molar-refractivity contribution in [3.63, 3.8) is 0 Å². The van der Waals surface area contributed by atoms with E-state index in [1.54, 1.807) is 0 Å². The number of hydrogen-bond acceptors (Lipinski definition) is 4. The van der Waals surface area contributed by atoms with Crippen molar-refractivity contribution in [2.45, 2.75) is 0 Å². The van der Waals surface area contributed by atoms with Gasteiger partial charge in [0.2, 0.25) is 0 Å². The molecule has 0 saturated carbocycles. The van der Waals surface area contributed by atoms with E-state index < -0.39 is 0 Å². The normalized spacial score (nSPS) is 12.1. The molecular weight excluding hydrogens is 729 g/mol. The summed E-state index contributed by atoms with van der Waals surface area (Å²) >= 11 is 1.82. The lowest BCUT2D eigenvalue weighted by Gasteiger charge is -2.10. The molecule has 6 heterocycles. The van der Waals surface area contributed by atoms with E-state index in [1.807, 2.05) is 48.1 Å². The van der Waals surface area contributed by atoms with Crippen LogP contribution in [0.4, 0.5) is 0 Å². The molecule has 0 saturated heterocycles. The van der Waals surface area contributed by atoms with Crippen molar-refractivity contribution in [2.24, 2.45) is 0 Å². The molecule has 13 aromatic rings. The zero-order valence-electron chi connectivity index (χ0n) is 30.9. The van der Waals surface area contributed by atoms with E-state index in [0.29, 0.717) is 0 Å². The molecule has 270 valence electrons. The molecule has 0 aliphatic rings. The highest BCUT2D eigenvalue weighted by Crippen LogP contribution is 2.40. The molecule has 5 nitrogen and oxygen atoms in total. The fraction of sp³-hybridized carbons (Fsp3) is 0. The third-order valence-corrected chi connectivity index (χ3v) is 13.0. The first-order chi connectivity index (χ1) is 28.7. The monoisotopic (exact) mass is 758 g/mol. The van der Waals surface area contributed by atoms with Gasteiger partial charge >= 0.3 is 0 Å². The predicted octanol–water partition coefficient (Wildman–Crippen LogP) is 14.3. The van der Waals surface area contributed by atoms with Crippen molar-refractivity contribution in [3.8, 4) is 33.6 Å². The lowest BCUT2D eigenvalue weighted by Crippen LogP contribution is -1.93. The quantitative estimate of drug-likeness (QED) is 0.180. The zero-order valence-corrected chi connectivity index (χ0v) is 31.7. The van der Waals surface area contributed by atoms with Gasteiger partial charge in [0.25, 0.3) is 0 Å². The van der Waals surface area contributed by atoms with Gasteiger partial charge in [0, 0.05) is 77.1 Å². The molecule has 0 N–H and O–H groups in total. The molecular formula is C52H30N4OS. The standard InChI is InChI=1S/C52H30N4OS/c1-3-11-44-37(9-1)39-26-33(14-18-45(39)55(44)36-17-21-50-41(29-36)43-30-53-24-22-51(43)58-50)31-7-5-8-32(25-31)34-15-19-46-42(27-34)52-47(12-6-23-54-52)56(46)35-16-20-49-40(28-35)38-10-2-4-13-48(38)57-49/h1-30H. The summed E-state index contributed by atoms with van der Waals surface area (Å²) in [5.41, 5.74) is 14.2. The Balaban J connectivity index is 0.923. The molecule has 0 spiro atoms. The highest BCUT2D eigenvalue weighted by atomic mass is 32.1. The van der Waals surface area contributed by atoms with Gasteiger partial charge in [0.05, 0.1) is 27.6 Å². The summed E-state index contributed by atoms with van der Waals surface area (Å²) in [6, 6.07) is 59.1. The molecule has 13 rings (SSSR count). The third-order valence-electron chi connectivity index (χ3n) is 11.9. The van der Waals surface area contributed by atoms with Gasteiger partial charge in [0.1, 0.15) is 11.2 Å². The van der Waals surface area contributed by atoms with Gasteiger partial charge in [-0.25, -0.2) is 0 Å². The van der Waals surface area contributed by atoms with E-state index in [9.17, 15) is 0 Å². The molecule has 6 heteroatoms. The van der Waals surface area contributed by atoms with Crippen LogP contribution in [0.1, 0.15) is 0 Å². The minimum absolute atomic E-state index is 0.888. The summed E-state index contributed by atoms with van der Waals surface area (Å²) in [5, 5.41) is 8.26. The van der Waals surface area contributed by atoms with Gasteiger partial charge in [-0.15, -0.1) is 11.3 Å². The first kappa shape index (κ1) is 31.6. The molecule has 0 aliphatic heterocycles. The molecule has 0 unspecified atom stereocenters. The average molecular weight is 759 g/mol. The summed E-state index contributed by atoms with van der Waals surface area (Å²) in [6.45, 7) is 0. The molecule has 0 atom stereocenters.